The Bertz CT molecular complexity index is 956. The first-order valence-electron chi connectivity index (χ1n) is 8.28. The quantitative estimate of drug-likeness (QED) is 0.757. The third-order valence-electron chi connectivity index (χ3n) is 4.42. The Morgan fingerprint density at radius 1 is 1.16 bits per heavy atom. The van der Waals surface area contributed by atoms with Crippen molar-refractivity contribution in [2.24, 2.45) is 0 Å². The van der Waals surface area contributed by atoms with Gasteiger partial charge in [0, 0.05) is 17.3 Å². The van der Waals surface area contributed by atoms with Crippen LogP contribution < -0.4 is 10.1 Å². The lowest BCUT2D eigenvalue weighted by Gasteiger charge is -2.11. The summed E-state index contributed by atoms with van der Waals surface area (Å²) in [6.07, 6.45) is 5.07. The Balaban J connectivity index is 1.45. The van der Waals surface area contributed by atoms with Gasteiger partial charge >= 0.3 is 0 Å². The maximum Gasteiger partial charge on any atom is 0.262 e. The van der Waals surface area contributed by atoms with Gasteiger partial charge in [0.05, 0.1) is 5.02 Å². The standard InChI is InChI=1S/C20H17ClN2O2/c21-17-8-9-18(20-16(17)5-2-10-22-20)25-12-19(24)23-15-7-6-13-3-1-4-14(13)11-15/h2,5-11H,1,3-4,12H2,(H,23,24). The molecule has 4 nitrogen and oxygen atoms in total. The van der Waals surface area contributed by atoms with Crippen molar-refractivity contribution in [1.29, 1.82) is 0 Å². The van der Waals surface area contributed by atoms with Gasteiger partial charge in [-0.3, -0.25) is 9.78 Å². The first-order valence-corrected chi connectivity index (χ1v) is 8.66. The van der Waals surface area contributed by atoms with E-state index < -0.39 is 0 Å². The van der Waals surface area contributed by atoms with Crippen LogP contribution in [0, 0.1) is 0 Å². The molecular formula is C20H17ClN2O2. The molecule has 4 rings (SSSR count). The van der Waals surface area contributed by atoms with E-state index in [4.69, 9.17) is 16.3 Å². The number of carbonyl (C=O) groups is 1. The van der Waals surface area contributed by atoms with Gasteiger partial charge in [0.15, 0.2) is 6.61 Å². The lowest BCUT2D eigenvalue weighted by Crippen LogP contribution is -2.20. The summed E-state index contributed by atoms with van der Waals surface area (Å²) < 4.78 is 5.67. The fourth-order valence-electron chi connectivity index (χ4n) is 3.22. The zero-order valence-corrected chi connectivity index (χ0v) is 14.3. The molecule has 0 unspecified atom stereocenters. The Kier molecular flexibility index (Phi) is 4.28. The number of hydrogen-bond acceptors (Lipinski definition) is 3. The Morgan fingerprint density at radius 2 is 2.04 bits per heavy atom. The molecule has 3 aromatic rings. The number of pyridine rings is 1. The van der Waals surface area contributed by atoms with Crippen LogP contribution in [0.3, 0.4) is 0 Å². The van der Waals surface area contributed by atoms with Gasteiger partial charge in [-0.25, -0.2) is 0 Å². The number of aryl methyl sites for hydroxylation is 2. The number of nitrogens with one attached hydrogen (secondary N) is 1. The molecule has 1 amide bonds. The van der Waals surface area contributed by atoms with Crippen LogP contribution in [0.2, 0.25) is 5.02 Å². The van der Waals surface area contributed by atoms with E-state index in [1.807, 2.05) is 18.2 Å². The van der Waals surface area contributed by atoms with Crippen molar-refractivity contribution in [3.8, 4) is 5.75 Å². The van der Waals surface area contributed by atoms with E-state index in [0.29, 0.717) is 16.3 Å². The molecule has 0 radical (unpaired) electrons. The SMILES string of the molecule is O=C(COc1ccc(Cl)c2cccnc12)Nc1ccc2c(c1)CCC2. The van der Waals surface area contributed by atoms with Gasteiger partial charge in [0.1, 0.15) is 11.3 Å². The molecule has 0 fully saturated rings. The number of amides is 1. The maximum atomic E-state index is 12.2. The molecule has 0 bridgehead atoms. The van der Waals surface area contributed by atoms with Crippen molar-refractivity contribution in [1.82, 2.24) is 4.98 Å². The van der Waals surface area contributed by atoms with Crippen LogP contribution >= 0.6 is 11.6 Å². The van der Waals surface area contributed by atoms with E-state index in [1.165, 1.54) is 17.5 Å². The molecule has 5 heteroatoms. The highest BCUT2D eigenvalue weighted by atomic mass is 35.5. The highest BCUT2D eigenvalue weighted by molar-refractivity contribution is 6.35. The third kappa shape index (κ3) is 3.30. The minimum atomic E-state index is -0.197. The average Bonchev–Trinajstić information content (AvgIpc) is 3.09. The number of nitrogens with zero attached hydrogens (tertiary/aromatic N) is 1. The number of carbonyl (C=O) groups excluding carboxylic acids is 1. The second-order valence-corrected chi connectivity index (χ2v) is 6.53. The largest absolute Gasteiger partial charge is 0.481 e. The number of rotatable bonds is 4. The fraction of sp³-hybridized carbons (Fsp3) is 0.200. The number of aromatic nitrogens is 1. The molecule has 25 heavy (non-hydrogen) atoms. The second kappa shape index (κ2) is 6.73. The Hall–Kier alpha value is -2.59. The summed E-state index contributed by atoms with van der Waals surface area (Å²) in [6, 6.07) is 13.3. The molecular weight excluding hydrogens is 336 g/mol. The van der Waals surface area contributed by atoms with Crippen molar-refractivity contribution < 1.29 is 9.53 Å². The van der Waals surface area contributed by atoms with Crippen molar-refractivity contribution in [3.05, 3.63) is 64.8 Å². The van der Waals surface area contributed by atoms with Crippen LogP contribution in [0.25, 0.3) is 10.9 Å². The molecule has 0 atom stereocenters. The molecule has 0 saturated heterocycles. The highest BCUT2D eigenvalue weighted by Crippen LogP contribution is 2.29. The molecule has 0 saturated carbocycles. The normalized spacial score (nSPS) is 12.8. The van der Waals surface area contributed by atoms with Gasteiger partial charge < -0.3 is 10.1 Å². The highest BCUT2D eigenvalue weighted by Gasteiger charge is 2.13. The number of hydrogen-bond donors (Lipinski definition) is 1. The van der Waals surface area contributed by atoms with Crippen molar-refractivity contribution in [2.75, 3.05) is 11.9 Å². The molecule has 0 aliphatic heterocycles. The number of ether oxygens (including phenoxy) is 1. The summed E-state index contributed by atoms with van der Waals surface area (Å²) in [4.78, 5) is 16.5. The van der Waals surface area contributed by atoms with Crippen LogP contribution in [0.15, 0.2) is 48.7 Å². The van der Waals surface area contributed by atoms with Crippen LogP contribution in [-0.4, -0.2) is 17.5 Å². The van der Waals surface area contributed by atoms with Gasteiger partial charge in [-0.15, -0.1) is 0 Å². The van der Waals surface area contributed by atoms with E-state index in [2.05, 4.69) is 22.4 Å². The second-order valence-electron chi connectivity index (χ2n) is 6.12. The van der Waals surface area contributed by atoms with Crippen molar-refractivity contribution in [2.45, 2.75) is 19.3 Å². The van der Waals surface area contributed by atoms with Gasteiger partial charge in [0.2, 0.25) is 0 Å². The predicted molar refractivity (Wildman–Crippen MR) is 99.3 cm³/mol. The van der Waals surface area contributed by atoms with Gasteiger partial charge in [0.25, 0.3) is 5.91 Å². The molecule has 2 aromatic carbocycles. The zero-order valence-electron chi connectivity index (χ0n) is 13.6. The average molecular weight is 353 g/mol. The number of anilines is 1. The van der Waals surface area contributed by atoms with E-state index in [-0.39, 0.29) is 12.5 Å². The van der Waals surface area contributed by atoms with Crippen molar-refractivity contribution >= 4 is 34.1 Å². The minimum Gasteiger partial charge on any atom is -0.481 e. The molecule has 1 heterocycles. The zero-order chi connectivity index (χ0) is 17.2. The Morgan fingerprint density at radius 3 is 2.96 bits per heavy atom. The molecule has 126 valence electrons. The Labute approximate surface area is 150 Å². The van der Waals surface area contributed by atoms with E-state index in [1.54, 1.807) is 18.3 Å². The van der Waals surface area contributed by atoms with E-state index >= 15 is 0 Å². The van der Waals surface area contributed by atoms with Crippen LogP contribution in [0.1, 0.15) is 17.5 Å². The first kappa shape index (κ1) is 15.9. The lowest BCUT2D eigenvalue weighted by atomic mass is 10.1. The first-order chi connectivity index (χ1) is 12.2. The summed E-state index contributed by atoms with van der Waals surface area (Å²) in [7, 11) is 0. The number of fused-ring (bicyclic) bond motifs is 2. The van der Waals surface area contributed by atoms with Crippen LogP contribution in [-0.2, 0) is 17.6 Å². The van der Waals surface area contributed by atoms with Crippen LogP contribution in [0.5, 0.6) is 5.75 Å². The lowest BCUT2D eigenvalue weighted by molar-refractivity contribution is -0.118. The van der Waals surface area contributed by atoms with E-state index in [9.17, 15) is 4.79 Å². The summed E-state index contributed by atoms with van der Waals surface area (Å²) in [5, 5.41) is 4.31. The summed E-state index contributed by atoms with van der Waals surface area (Å²) in [5.41, 5.74) is 4.17. The molecule has 1 N–H and O–H groups in total. The molecule has 1 aliphatic rings. The molecule has 0 spiro atoms. The third-order valence-corrected chi connectivity index (χ3v) is 4.75. The number of benzene rings is 2. The minimum absolute atomic E-state index is 0.0790. The van der Waals surface area contributed by atoms with Crippen LogP contribution in [0.4, 0.5) is 5.69 Å². The predicted octanol–water partition coefficient (Wildman–Crippen LogP) is 4.39. The maximum absolute atomic E-state index is 12.2. The summed E-state index contributed by atoms with van der Waals surface area (Å²) in [5.74, 6) is 0.348. The summed E-state index contributed by atoms with van der Waals surface area (Å²) >= 11 is 6.17. The smallest absolute Gasteiger partial charge is 0.262 e. The molecule has 1 aromatic heterocycles. The topological polar surface area (TPSA) is 51.2 Å². The van der Waals surface area contributed by atoms with Gasteiger partial charge in [-0.2, -0.15) is 0 Å². The number of halogens is 1. The van der Waals surface area contributed by atoms with Gasteiger partial charge in [-0.05, 0) is 66.8 Å². The fourth-order valence-corrected chi connectivity index (χ4v) is 3.43. The summed E-state index contributed by atoms with van der Waals surface area (Å²) in [6.45, 7) is -0.0790. The monoisotopic (exact) mass is 352 g/mol. The van der Waals surface area contributed by atoms with Gasteiger partial charge in [-0.1, -0.05) is 17.7 Å². The van der Waals surface area contributed by atoms with Crippen molar-refractivity contribution in [3.63, 3.8) is 0 Å². The molecule has 1 aliphatic carbocycles. The van der Waals surface area contributed by atoms with E-state index in [0.717, 1.165) is 23.9 Å².